The molecule has 1 amide bonds. The summed E-state index contributed by atoms with van der Waals surface area (Å²) in [4.78, 5) is 16.3. The van der Waals surface area contributed by atoms with Crippen molar-refractivity contribution in [3.05, 3.63) is 71.7 Å². The zero-order valence-electron chi connectivity index (χ0n) is 12.4. The molecule has 0 fully saturated rings. The molecule has 6 heteroatoms. The number of aryl methyl sites for hydroxylation is 1. The lowest BCUT2D eigenvalue weighted by Gasteiger charge is -2.01. The van der Waals surface area contributed by atoms with Crippen molar-refractivity contribution in [2.45, 2.75) is 6.92 Å². The van der Waals surface area contributed by atoms with Crippen molar-refractivity contribution in [3.8, 4) is 11.3 Å². The fourth-order valence-corrected chi connectivity index (χ4v) is 2.11. The minimum atomic E-state index is -0.372. The minimum Gasteiger partial charge on any atom is -0.360 e. The second-order valence-electron chi connectivity index (χ2n) is 4.81. The normalized spacial score (nSPS) is 10.8. The third-order valence-electron chi connectivity index (χ3n) is 3.20. The number of aromatic nitrogens is 2. The van der Waals surface area contributed by atoms with Gasteiger partial charge in [0.2, 0.25) is 0 Å². The Morgan fingerprint density at radius 2 is 2.04 bits per heavy atom. The van der Waals surface area contributed by atoms with Crippen LogP contribution in [0, 0.1) is 6.92 Å². The summed E-state index contributed by atoms with van der Waals surface area (Å²) >= 11 is 0. The quantitative estimate of drug-likeness (QED) is 0.593. The Bertz CT molecular complexity index is 826. The van der Waals surface area contributed by atoms with Crippen molar-refractivity contribution < 1.29 is 9.32 Å². The maximum Gasteiger partial charge on any atom is 0.277 e. The van der Waals surface area contributed by atoms with Crippen LogP contribution in [0.4, 0.5) is 0 Å². The summed E-state index contributed by atoms with van der Waals surface area (Å²) in [7, 11) is 0. The zero-order chi connectivity index (χ0) is 16.1. The standard InChI is InChI=1S/C17H14N4O2/c1-12-15(16(21-23-12)14-7-3-2-4-8-14)17(22)20-19-11-13-6-5-9-18-10-13/h2-11H,1H3,(H,20,22)/b19-11+. The Hall–Kier alpha value is -3.28. The topological polar surface area (TPSA) is 80.4 Å². The molecule has 0 bridgehead atoms. The van der Waals surface area contributed by atoms with Gasteiger partial charge < -0.3 is 4.52 Å². The van der Waals surface area contributed by atoms with Gasteiger partial charge in [-0.25, -0.2) is 5.43 Å². The van der Waals surface area contributed by atoms with Gasteiger partial charge >= 0.3 is 0 Å². The average Bonchev–Trinajstić information content (AvgIpc) is 2.98. The molecule has 0 aliphatic heterocycles. The van der Waals surface area contributed by atoms with Crippen molar-refractivity contribution in [1.29, 1.82) is 0 Å². The van der Waals surface area contributed by atoms with Crippen LogP contribution in [0.3, 0.4) is 0 Å². The van der Waals surface area contributed by atoms with E-state index in [1.54, 1.807) is 25.4 Å². The summed E-state index contributed by atoms with van der Waals surface area (Å²) in [5.41, 5.74) is 4.96. The predicted octanol–water partition coefficient (Wildman–Crippen LogP) is 2.81. The molecule has 0 spiro atoms. The van der Waals surface area contributed by atoms with Crippen LogP contribution in [-0.4, -0.2) is 22.3 Å². The van der Waals surface area contributed by atoms with E-state index in [1.807, 2.05) is 36.4 Å². The van der Waals surface area contributed by atoms with Crippen molar-refractivity contribution in [2.24, 2.45) is 5.10 Å². The number of nitrogens with one attached hydrogen (secondary N) is 1. The van der Waals surface area contributed by atoms with E-state index in [0.717, 1.165) is 11.1 Å². The largest absolute Gasteiger partial charge is 0.360 e. The molecule has 0 saturated carbocycles. The molecule has 3 aromatic rings. The molecule has 0 atom stereocenters. The van der Waals surface area contributed by atoms with Crippen LogP contribution in [0.25, 0.3) is 11.3 Å². The summed E-state index contributed by atoms with van der Waals surface area (Å²) in [6.45, 7) is 1.69. The van der Waals surface area contributed by atoms with Crippen molar-refractivity contribution in [1.82, 2.24) is 15.6 Å². The zero-order valence-corrected chi connectivity index (χ0v) is 12.4. The molecule has 2 aromatic heterocycles. The lowest BCUT2D eigenvalue weighted by molar-refractivity contribution is 0.0954. The minimum absolute atomic E-state index is 0.372. The van der Waals surface area contributed by atoms with Gasteiger partial charge in [0, 0.05) is 23.5 Å². The number of nitrogens with zero attached hydrogens (tertiary/aromatic N) is 3. The van der Waals surface area contributed by atoms with E-state index in [0.29, 0.717) is 17.0 Å². The highest BCUT2D eigenvalue weighted by Gasteiger charge is 2.21. The van der Waals surface area contributed by atoms with E-state index in [-0.39, 0.29) is 5.91 Å². The number of hydrazone groups is 1. The number of carbonyl (C=O) groups excluding carboxylic acids is 1. The van der Waals surface area contributed by atoms with Crippen molar-refractivity contribution in [3.63, 3.8) is 0 Å². The van der Waals surface area contributed by atoms with Gasteiger partial charge in [-0.1, -0.05) is 41.6 Å². The van der Waals surface area contributed by atoms with E-state index >= 15 is 0 Å². The maximum atomic E-state index is 12.4. The van der Waals surface area contributed by atoms with E-state index < -0.39 is 0 Å². The fourth-order valence-electron chi connectivity index (χ4n) is 2.11. The number of pyridine rings is 1. The van der Waals surface area contributed by atoms with Gasteiger partial charge in [0.25, 0.3) is 5.91 Å². The second kappa shape index (κ2) is 6.65. The van der Waals surface area contributed by atoms with Gasteiger partial charge in [0.15, 0.2) is 0 Å². The van der Waals surface area contributed by atoms with E-state index in [1.165, 1.54) is 6.21 Å². The summed E-state index contributed by atoms with van der Waals surface area (Å²) < 4.78 is 5.16. The molecule has 0 unspecified atom stereocenters. The fraction of sp³-hybridized carbons (Fsp3) is 0.0588. The number of carbonyl (C=O) groups is 1. The maximum absolute atomic E-state index is 12.4. The SMILES string of the molecule is Cc1onc(-c2ccccc2)c1C(=O)N/N=C/c1cccnc1. The van der Waals surface area contributed by atoms with Crippen LogP contribution in [-0.2, 0) is 0 Å². The summed E-state index contributed by atoms with van der Waals surface area (Å²) in [5.74, 6) is 0.0701. The number of amides is 1. The van der Waals surface area contributed by atoms with Crippen molar-refractivity contribution >= 4 is 12.1 Å². The van der Waals surface area contributed by atoms with E-state index in [2.05, 4.69) is 20.7 Å². The number of benzene rings is 1. The highest BCUT2D eigenvalue weighted by Crippen LogP contribution is 2.24. The number of hydrogen-bond donors (Lipinski definition) is 1. The molecular formula is C17H14N4O2. The molecule has 1 N–H and O–H groups in total. The smallest absolute Gasteiger partial charge is 0.277 e. The third kappa shape index (κ3) is 3.32. The van der Waals surface area contributed by atoms with Gasteiger partial charge in [-0.15, -0.1) is 0 Å². The first-order valence-corrected chi connectivity index (χ1v) is 7.01. The second-order valence-corrected chi connectivity index (χ2v) is 4.81. The first kappa shape index (κ1) is 14.6. The third-order valence-corrected chi connectivity index (χ3v) is 3.20. The Morgan fingerprint density at radius 1 is 1.22 bits per heavy atom. The lowest BCUT2D eigenvalue weighted by Crippen LogP contribution is -2.18. The van der Waals surface area contributed by atoms with E-state index in [9.17, 15) is 4.79 Å². The molecule has 0 aliphatic rings. The molecule has 0 radical (unpaired) electrons. The highest BCUT2D eigenvalue weighted by molar-refractivity contribution is 6.01. The van der Waals surface area contributed by atoms with Gasteiger partial charge in [0.05, 0.1) is 6.21 Å². The van der Waals surface area contributed by atoms with Gasteiger partial charge in [-0.3, -0.25) is 9.78 Å². The van der Waals surface area contributed by atoms with Crippen LogP contribution >= 0.6 is 0 Å². The number of hydrogen-bond acceptors (Lipinski definition) is 5. The molecule has 23 heavy (non-hydrogen) atoms. The Morgan fingerprint density at radius 3 is 2.78 bits per heavy atom. The monoisotopic (exact) mass is 306 g/mol. The highest BCUT2D eigenvalue weighted by atomic mass is 16.5. The Kier molecular flexibility index (Phi) is 4.24. The van der Waals surface area contributed by atoms with Crippen LogP contribution in [0.2, 0.25) is 0 Å². The first-order valence-electron chi connectivity index (χ1n) is 7.01. The lowest BCUT2D eigenvalue weighted by atomic mass is 10.1. The molecule has 114 valence electrons. The van der Waals surface area contributed by atoms with Gasteiger partial charge in [-0.05, 0) is 13.0 Å². The van der Waals surface area contributed by atoms with Crippen molar-refractivity contribution in [2.75, 3.05) is 0 Å². The summed E-state index contributed by atoms with van der Waals surface area (Å²) in [6.07, 6.45) is 4.84. The molecule has 1 aromatic carbocycles. The summed E-state index contributed by atoms with van der Waals surface area (Å²) in [5, 5.41) is 7.91. The predicted molar refractivity (Wildman–Crippen MR) is 86.0 cm³/mol. The molecule has 0 saturated heterocycles. The molecule has 3 rings (SSSR count). The molecular weight excluding hydrogens is 292 g/mol. The average molecular weight is 306 g/mol. The number of rotatable bonds is 4. The van der Waals surface area contributed by atoms with Crippen LogP contribution in [0.1, 0.15) is 21.7 Å². The Balaban J connectivity index is 1.80. The first-order chi connectivity index (χ1) is 11.3. The van der Waals surface area contributed by atoms with Gasteiger partial charge in [0.1, 0.15) is 17.0 Å². The van der Waals surface area contributed by atoms with Crippen LogP contribution in [0.15, 0.2) is 64.5 Å². The summed E-state index contributed by atoms with van der Waals surface area (Å²) in [6, 6.07) is 13.0. The van der Waals surface area contributed by atoms with Crippen LogP contribution in [0.5, 0.6) is 0 Å². The Labute approximate surface area is 132 Å². The van der Waals surface area contributed by atoms with Gasteiger partial charge in [-0.2, -0.15) is 5.10 Å². The van der Waals surface area contributed by atoms with Crippen LogP contribution < -0.4 is 5.43 Å². The molecule has 6 nitrogen and oxygen atoms in total. The molecule has 2 heterocycles. The van der Waals surface area contributed by atoms with E-state index in [4.69, 9.17) is 4.52 Å². The molecule has 0 aliphatic carbocycles.